The fraction of sp³-hybridized carbons (Fsp3) is 0.643. The van der Waals surface area contributed by atoms with Crippen LogP contribution in [0, 0.1) is 6.92 Å². The van der Waals surface area contributed by atoms with Gasteiger partial charge in [0.1, 0.15) is 5.82 Å². The Morgan fingerprint density at radius 2 is 2.00 bits per heavy atom. The summed E-state index contributed by atoms with van der Waals surface area (Å²) in [6.07, 6.45) is 2.38. The van der Waals surface area contributed by atoms with Crippen LogP contribution in [0.15, 0.2) is 12.1 Å². The molecule has 0 radical (unpaired) electrons. The maximum atomic E-state index is 9.16. The predicted octanol–water partition coefficient (Wildman–Crippen LogP) is 1.41. The highest BCUT2D eigenvalue weighted by molar-refractivity contribution is 5.42. The van der Waals surface area contributed by atoms with Gasteiger partial charge in [0.25, 0.3) is 0 Å². The highest BCUT2D eigenvalue weighted by Gasteiger charge is 2.21. The van der Waals surface area contributed by atoms with Crippen molar-refractivity contribution in [3.63, 3.8) is 0 Å². The van der Waals surface area contributed by atoms with E-state index in [-0.39, 0.29) is 6.61 Å². The standard InChI is InChI=1S/C14H23N3O/c1-11-12(10-18)4-5-14(15-11)17-8-6-13(7-9-17)16(2)3/h4-5,13,18H,6-10H2,1-3H3. The molecule has 1 N–H and O–H groups in total. The van der Waals surface area contributed by atoms with E-state index in [1.807, 2.05) is 19.1 Å². The third-order valence-electron chi connectivity index (χ3n) is 3.87. The molecule has 0 aromatic carbocycles. The average molecular weight is 249 g/mol. The zero-order valence-electron chi connectivity index (χ0n) is 11.6. The first kappa shape index (κ1) is 13.3. The van der Waals surface area contributed by atoms with Crippen LogP contribution in [0.1, 0.15) is 24.1 Å². The van der Waals surface area contributed by atoms with E-state index >= 15 is 0 Å². The van der Waals surface area contributed by atoms with Crippen molar-refractivity contribution in [2.24, 2.45) is 0 Å². The number of nitrogens with zero attached hydrogens (tertiary/aromatic N) is 3. The fourth-order valence-electron chi connectivity index (χ4n) is 2.53. The highest BCUT2D eigenvalue weighted by Crippen LogP contribution is 2.21. The van der Waals surface area contributed by atoms with Gasteiger partial charge in [-0.15, -0.1) is 0 Å². The maximum Gasteiger partial charge on any atom is 0.128 e. The molecular weight excluding hydrogens is 226 g/mol. The smallest absolute Gasteiger partial charge is 0.128 e. The fourth-order valence-corrected chi connectivity index (χ4v) is 2.53. The number of piperidine rings is 1. The normalized spacial score (nSPS) is 17.5. The van der Waals surface area contributed by atoms with Crippen LogP contribution in [0.3, 0.4) is 0 Å². The topological polar surface area (TPSA) is 39.6 Å². The second-order valence-corrected chi connectivity index (χ2v) is 5.25. The molecule has 1 aliphatic rings. The summed E-state index contributed by atoms with van der Waals surface area (Å²) in [6, 6.07) is 4.70. The molecule has 0 saturated carbocycles. The van der Waals surface area contributed by atoms with Gasteiger partial charge in [-0.25, -0.2) is 4.98 Å². The highest BCUT2D eigenvalue weighted by atomic mass is 16.3. The molecule has 100 valence electrons. The second kappa shape index (κ2) is 5.67. The van der Waals surface area contributed by atoms with Gasteiger partial charge in [-0.05, 0) is 45.5 Å². The predicted molar refractivity (Wildman–Crippen MR) is 73.8 cm³/mol. The van der Waals surface area contributed by atoms with Gasteiger partial charge in [-0.1, -0.05) is 6.07 Å². The molecule has 4 nitrogen and oxygen atoms in total. The number of hydrogen-bond acceptors (Lipinski definition) is 4. The van der Waals surface area contributed by atoms with Crippen LogP contribution in [0.25, 0.3) is 0 Å². The third kappa shape index (κ3) is 2.82. The van der Waals surface area contributed by atoms with Gasteiger partial charge in [-0.2, -0.15) is 0 Å². The van der Waals surface area contributed by atoms with E-state index in [9.17, 15) is 0 Å². The molecule has 2 heterocycles. The minimum absolute atomic E-state index is 0.0712. The first-order valence-corrected chi connectivity index (χ1v) is 6.60. The van der Waals surface area contributed by atoms with Gasteiger partial charge >= 0.3 is 0 Å². The number of anilines is 1. The van der Waals surface area contributed by atoms with Crippen LogP contribution in [-0.2, 0) is 6.61 Å². The number of hydrogen-bond donors (Lipinski definition) is 1. The van der Waals surface area contributed by atoms with E-state index in [1.54, 1.807) is 0 Å². The van der Waals surface area contributed by atoms with Gasteiger partial charge in [-0.3, -0.25) is 0 Å². The van der Waals surface area contributed by atoms with Gasteiger partial charge in [0, 0.05) is 24.8 Å². The zero-order valence-corrected chi connectivity index (χ0v) is 11.6. The summed E-state index contributed by atoms with van der Waals surface area (Å²) in [7, 11) is 4.30. The minimum atomic E-state index is 0.0712. The summed E-state index contributed by atoms with van der Waals surface area (Å²) in [5, 5.41) is 9.16. The van der Waals surface area contributed by atoms with Crippen molar-refractivity contribution in [2.45, 2.75) is 32.4 Å². The molecule has 2 rings (SSSR count). The first-order chi connectivity index (χ1) is 8.61. The lowest BCUT2D eigenvalue weighted by Crippen LogP contribution is -2.42. The molecule has 1 aliphatic heterocycles. The summed E-state index contributed by atoms with van der Waals surface area (Å²) in [5.41, 5.74) is 1.85. The summed E-state index contributed by atoms with van der Waals surface area (Å²) < 4.78 is 0. The van der Waals surface area contributed by atoms with E-state index in [0.717, 1.165) is 30.2 Å². The van der Waals surface area contributed by atoms with Gasteiger partial charge < -0.3 is 14.9 Å². The van der Waals surface area contributed by atoms with Crippen molar-refractivity contribution in [3.8, 4) is 0 Å². The van der Waals surface area contributed by atoms with Crippen molar-refractivity contribution < 1.29 is 5.11 Å². The van der Waals surface area contributed by atoms with Gasteiger partial charge in [0.05, 0.1) is 6.61 Å². The zero-order chi connectivity index (χ0) is 13.1. The molecule has 0 aliphatic carbocycles. The second-order valence-electron chi connectivity index (χ2n) is 5.25. The Labute approximate surface area is 109 Å². The molecule has 0 atom stereocenters. The van der Waals surface area contributed by atoms with E-state index in [2.05, 4.69) is 28.9 Å². The number of aryl methyl sites for hydroxylation is 1. The SMILES string of the molecule is Cc1nc(N2CCC(N(C)C)CC2)ccc1CO. The van der Waals surface area contributed by atoms with E-state index in [4.69, 9.17) is 5.11 Å². The van der Waals surface area contributed by atoms with Crippen molar-refractivity contribution in [2.75, 3.05) is 32.1 Å². The molecule has 0 unspecified atom stereocenters. The lowest BCUT2D eigenvalue weighted by atomic mass is 10.0. The quantitative estimate of drug-likeness (QED) is 0.879. The molecule has 1 saturated heterocycles. The van der Waals surface area contributed by atoms with Crippen molar-refractivity contribution >= 4 is 5.82 Å². The molecule has 18 heavy (non-hydrogen) atoms. The number of aromatic nitrogens is 1. The molecule has 1 aromatic rings. The van der Waals surface area contributed by atoms with Crippen molar-refractivity contribution in [1.29, 1.82) is 0 Å². The molecule has 4 heteroatoms. The Hall–Kier alpha value is -1.13. The lowest BCUT2D eigenvalue weighted by Gasteiger charge is -2.36. The Morgan fingerprint density at radius 1 is 1.33 bits per heavy atom. The minimum Gasteiger partial charge on any atom is -0.392 e. The Morgan fingerprint density at radius 3 is 2.50 bits per heavy atom. The Bertz CT molecular complexity index is 398. The average Bonchev–Trinajstić information content (AvgIpc) is 2.38. The van der Waals surface area contributed by atoms with E-state index in [0.29, 0.717) is 6.04 Å². The van der Waals surface area contributed by atoms with E-state index in [1.165, 1.54) is 12.8 Å². The Balaban J connectivity index is 2.03. The number of rotatable bonds is 3. The van der Waals surface area contributed by atoms with Crippen LogP contribution < -0.4 is 4.90 Å². The molecular formula is C14H23N3O. The molecule has 1 aromatic heterocycles. The molecule has 0 spiro atoms. The third-order valence-corrected chi connectivity index (χ3v) is 3.87. The maximum absolute atomic E-state index is 9.16. The summed E-state index contributed by atoms with van der Waals surface area (Å²) in [6.45, 7) is 4.16. The van der Waals surface area contributed by atoms with Gasteiger partial charge in [0.15, 0.2) is 0 Å². The summed E-state index contributed by atoms with van der Waals surface area (Å²) >= 11 is 0. The van der Waals surface area contributed by atoms with E-state index < -0.39 is 0 Å². The molecule has 1 fully saturated rings. The number of aliphatic hydroxyl groups excluding tert-OH is 1. The number of pyridine rings is 1. The van der Waals surface area contributed by atoms with Crippen LogP contribution in [0.4, 0.5) is 5.82 Å². The first-order valence-electron chi connectivity index (χ1n) is 6.60. The monoisotopic (exact) mass is 249 g/mol. The Kier molecular flexibility index (Phi) is 4.19. The van der Waals surface area contributed by atoms with Crippen molar-refractivity contribution in [1.82, 2.24) is 9.88 Å². The van der Waals surface area contributed by atoms with Crippen LogP contribution in [-0.4, -0.2) is 48.2 Å². The summed E-state index contributed by atoms with van der Waals surface area (Å²) in [5.74, 6) is 1.04. The lowest BCUT2D eigenvalue weighted by molar-refractivity contribution is 0.249. The summed E-state index contributed by atoms with van der Waals surface area (Å²) in [4.78, 5) is 9.24. The molecule has 0 amide bonds. The van der Waals surface area contributed by atoms with Crippen LogP contribution in [0.5, 0.6) is 0 Å². The van der Waals surface area contributed by atoms with Crippen LogP contribution in [0.2, 0.25) is 0 Å². The van der Waals surface area contributed by atoms with Crippen molar-refractivity contribution in [3.05, 3.63) is 23.4 Å². The van der Waals surface area contributed by atoms with Gasteiger partial charge in [0.2, 0.25) is 0 Å². The molecule has 0 bridgehead atoms. The number of aliphatic hydroxyl groups is 1. The largest absolute Gasteiger partial charge is 0.392 e. The van der Waals surface area contributed by atoms with Crippen LogP contribution >= 0.6 is 0 Å².